The molecule has 1 aromatic heterocycles. The Bertz CT molecular complexity index is 577. The Morgan fingerprint density at radius 3 is 2.83 bits per heavy atom. The minimum atomic E-state index is -0.667. The van der Waals surface area contributed by atoms with E-state index < -0.39 is 5.24 Å². The topological polar surface area (TPSA) is 52.3 Å². The molecule has 0 unspecified atom stereocenters. The number of halogens is 1. The quantitative estimate of drug-likeness (QED) is 0.795. The summed E-state index contributed by atoms with van der Waals surface area (Å²) in [5.74, 6) is 0.723. The zero-order valence-corrected chi connectivity index (χ0v) is 10.8. The van der Waals surface area contributed by atoms with Gasteiger partial charge in [0.2, 0.25) is 5.76 Å². The molecule has 0 fully saturated rings. The summed E-state index contributed by atoms with van der Waals surface area (Å²) in [7, 11) is 0. The molecule has 0 saturated carbocycles. The molecule has 1 heterocycles. The molecule has 2 aromatic rings. The molecule has 0 radical (unpaired) electrons. The smallest absolute Gasteiger partial charge is 0.290 e. The number of hydrogen-bond acceptors (Lipinski definition) is 4. The molecule has 0 spiro atoms. The minimum Gasteiger partial charge on any atom is -0.493 e. The summed E-state index contributed by atoms with van der Waals surface area (Å²) in [6, 6.07) is 7.24. The van der Waals surface area contributed by atoms with Gasteiger partial charge in [0, 0.05) is 11.6 Å². The van der Waals surface area contributed by atoms with Gasteiger partial charge in [-0.3, -0.25) is 4.79 Å². The van der Waals surface area contributed by atoms with Crippen LogP contribution in [0.15, 0.2) is 28.8 Å². The molecule has 94 valence electrons. The Morgan fingerprint density at radius 1 is 1.44 bits per heavy atom. The van der Waals surface area contributed by atoms with Crippen LogP contribution in [0.5, 0.6) is 5.75 Å². The Morgan fingerprint density at radius 2 is 2.22 bits per heavy atom. The summed E-state index contributed by atoms with van der Waals surface area (Å²) < 4.78 is 10.4. The van der Waals surface area contributed by atoms with E-state index >= 15 is 0 Å². The van der Waals surface area contributed by atoms with Gasteiger partial charge >= 0.3 is 0 Å². The van der Waals surface area contributed by atoms with Crippen molar-refractivity contribution >= 4 is 16.8 Å². The van der Waals surface area contributed by atoms with Crippen LogP contribution in [0.2, 0.25) is 0 Å². The number of ether oxygens (including phenoxy) is 1. The van der Waals surface area contributed by atoms with Crippen LogP contribution >= 0.6 is 11.6 Å². The second kappa shape index (κ2) is 5.23. The number of hydrogen-bond donors (Lipinski definition) is 0. The number of nitrogens with zero attached hydrogens (tertiary/aromatic N) is 1. The van der Waals surface area contributed by atoms with Gasteiger partial charge in [0.05, 0.1) is 6.61 Å². The fraction of sp³-hybridized carbons (Fsp3) is 0.231. The number of rotatable bonds is 4. The first kappa shape index (κ1) is 12.6. The molecule has 0 saturated heterocycles. The van der Waals surface area contributed by atoms with E-state index in [-0.39, 0.29) is 5.76 Å². The van der Waals surface area contributed by atoms with Gasteiger partial charge in [0.1, 0.15) is 11.4 Å². The maximum Gasteiger partial charge on any atom is 0.290 e. The van der Waals surface area contributed by atoms with Gasteiger partial charge in [0.25, 0.3) is 5.24 Å². The normalized spacial score (nSPS) is 10.4. The fourth-order valence-electron chi connectivity index (χ4n) is 1.62. The lowest BCUT2D eigenvalue weighted by molar-refractivity contribution is 0.104. The minimum absolute atomic E-state index is 0.0237. The van der Waals surface area contributed by atoms with Gasteiger partial charge in [-0.15, -0.1) is 0 Å². The first-order valence-electron chi connectivity index (χ1n) is 5.52. The second-order valence-corrected chi connectivity index (χ2v) is 4.13. The van der Waals surface area contributed by atoms with Crippen LogP contribution in [-0.2, 0) is 0 Å². The molecule has 0 bridgehead atoms. The predicted octanol–water partition coefficient (Wildman–Crippen LogP) is 3.43. The van der Waals surface area contributed by atoms with Crippen molar-refractivity contribution in [1.29, 1.82) is 0 Å². The van der Waals surface area contributed by atoms with Crippen molar-refractivity contribution in [2.24, 2.45) is 0 Å². The largest absolute Gasteiger partial charge is 0.493 e. The molecular formula is C13H12ClNO3. The number of carbonyl (C=O) groups excluding carboxylic acids is 1. The standard InChI is InChI=1S/C13H12ClNO3/c1-3-17-11-5-4-8(2)6-9(11)10-7-12(13(14)16)18-15-10/h4-7H,3H2,1-2H3. The van der Waals surface area contributed by atoms with Gasteiger partial charge in [-0.1, -0.05) is 16.8 Å². The summed E-state index contributed by atoms with van der Waals surface area (Å²) in [4.78, 5) is 11.0. The van der Waals surface area contributed by atoms with Gasteiger partial charge in [-0.05, 0) is 37.6 Å². The number of aromatic nitrogens is 1. The molecule has 0 amide bonds. The first-order valence-corrected chi connectivity index (χ1v) is 5.90. The van der Waals surface area contributed by atoms with Crippen LogP contribution in [0.1, 0.15) is 23.0 Å². The maximum absolute atomic E-state index is 11.0. The SMILES string of the molecule is CCOc1ccc(C)cc1-c1cc(C(=O)Cl)on1. The lowest BCUT2D eigenvalue weighted by atomic mass is 10.1. The van der Waals surface area contributed by atoms with Gasteiger partial charge in [-0.2, -0.15) is 0 Å². The van der Waals surface area contributed by atoms with Crippen LogP contribution < -0.4 is 4.74 Å². The van der Waals surface area contributed by atoms with Crippen molar-refractivity contribution in [2.45, 2.75) is 13.8 Å². The van der Waals surface area contributed by atoms with E-state index in [1.807, 2.05) is 32.0 Å². The van der Waals surface area contributed by atoms with Gasteiger partial charge in [0.15, 0.2) is 0 Å². The van der Waals surface area contributed by atoms with E-state index in [2.05, 4.69) is 5.16 Å². The summed E-state index contributed by atoms with van der Waals surface area (Å²) in [5, 5.41) is 3.16. The number of carbonyl (C=O) groups is 1. The lowest BCUT2D eigenvalue weighted by Crippen LogP contribution is -1.94. The third-order valence-corrected chi connectivity index (χ3v) is 2.60. The van der Waals surface area contributed by atoms with E-state index in [0.29, 0.717) is 18.1 Å². The van der Waals surface area contributed by atoms with Crippen LogP contribution in [0.25, 0.3) is 11.3 Å². The summed E-state index contributed by atoms with van der Waals surface area (Å²) in [5.41, 5.74) is 2.38. The lowest BCUT2D eigenvalue weighted by Gasteiger charge is -2.08. The number of benzene rings is 1. The van der Waals surface area contributed by atoms with Crippen LogP contribution in [0.3, 0.4) is 0 Å². The van der Waals surface area contributed by atoms with E-state index in [1.165, 1.54) is 6.07 Å². The Labute approximate surface area is 109 Å². The number of aryl methyl sites for hydroxylation is 1. The van der Waals surface area contributed by atoms with Crippen LogP contribution in [-0.4, -0.2) is 17.0 Å². The summed E-state index contributed by atoms with van der Waals surface area (Å²) in [6.07, 6.45) is 0. The average Bonchev–Trinajstić information content (AvgIpc) is 2.81. The third-order valence-electron chi connectivity index (χ3n) is 2.41. The molecule has 0 aliphatic heterocycles. The molecule has 1 aromatic carbocycles. The summed E-state index contributed by atoms with van der Waals surface area (Å²) >= 11 is 5.33. The Hall–Kier alpha value is -1.81. The zero-order valence-electron chi connectivity index (χ0n) is 10.1. The monoisotopic (exact) mass is 265 g/mol. The molecule has 0 atom stereocenters. The van der Waals surface area contributed by atoms with Crippen molar-refractivity contribution in [3.05, 3.63) is 35.6 Å². The van der Waals surface area contributed by atoms with E-state index in [0.717, 1.165) is 11.1 Å². The van der Waals surface area contributed by atoms with Crippen molar-refractivity contribution in [3.8, 4) is 17.0 Å². The highest BCUT2D eigenvalue weighted by atomic mass is 35.5. The molecule has 0 N–H and O–H groups in total. The average molecular weight is 266 g/mol. The fourth-order valence-corrected chi connectivity index (χ4v) is 1.71. The summed E-state index contributed by atoms with van der Waals surface area (Å²) in [6.45, 7) is 4.42. The maximum atomic E-state index is 11.0. The highest BCUT2D eigenvalue weighted by Gasteiger charge is 2.15. The molecular weight excluding hydrogens is 254 g/mol. The molecule has 2 rings (SSSR count). The second-order valence-electron chi connectivity index (χ2n) is 3.78. The van der Waals surface area contributed by atoms with Gasteiger partial charge < -0.3 is 9.26 Å². The molecule has 0 aliphatic carbocycles. The third kappa shape index (κ3) is 2.54. The van der Waals surface area contributed by atoms with Crippen LogP contribution in [0, 0.1) is 6.92 Å². The van der Waals surface area contributed by atoms with Crippen molar-refractivity contribution in [2.75, 3.05) is 6.61 Å². The van der Waals surface area contributed by atoms with Crippen molar-refractivity contribution < 1.29 is 14.1 Å². The molecule has 0 aliphatic rings. The highest BCUT2D eigenvalue weighted by molar-refractivity contribution is 6.67. The van der Waals surface area contributed by atoms with Crippen molar-refractivity contribution in [1.82, 2.24) is 5.16 Å². The predicted molar refractivity (Wildman–Crippen MR) is 68.0 cm³/mol. The van der Waals surface area contributed by atoms with E-state index in [1.54, 1.807) is 0 Å². The Kier molecular flexibility index (Phi) is 3.67. The first-order chi connectivity index (χ1) is 8.61. The van der Waals surface area contributed by atoms with E-state index in [9.17, 15) is 4.79 Å². The van der Waals surface area contributed by atoms with Crippen LogP contribution in [0.4, 0.5) is 0 Å². The zero-order chi connectivity index (χ0) is 13.1. The van der Waals surface area contributed by atoms with Crippen molar-refractivity contribution in [3.63, 3.8) is 0 Å². The molecule has 5 heteroatoms. The molecule has 18 heavy (non-hydrogen) atoms. The van der Waals surface area contributed by atoms with E-state index in [4.69, 9.17) is 20.9 Å². The Balaban J connectivity index is 2.47. The van der Waals surface area contributed by atoms with Gasteiger partial charge in [-0.25, -0.2) is 0 Å². The molecule has 4 nitrogen and oxygen atoms in total. The highest BCUT2D eigenvalue weighted by Crippen LogP contribution is 2.30.